The molecule has 1 heterocycles. The Hall–Kier alpha value is -4.19. The Labute approximate surface area is 171 Å². The highest BCUT2D eigenvalue weighted by molar-refractivity contribution is 6.46. The van der Waals surface area contributed by atoms with Gasteiger partial charge in [0.25, 0.3) is 17.4 Å². The normalized spacial score (nSPS) is 17.6. The molecule has 2 aromatic carbocycles. The number of carbonyl (C=O) groups excluding carboxylic acids is 2. The number of aliphatic hydroxyl groups is 1. The summed E-state index contributed by atoms with van der Waals surface area (Å²) in [6, 6.07) is 12.5. The van der Waals surface area contributed by atoms with E-state index in [1.807, 2.05) is 13.0 Å². The van der Waals surface area contributed by atoms with Gasteiger partial charge in [-0.3, -0.25) is 19.7 Å². The number of likely N-dealkylation sites (tertiary alicyclic amines) is 1. The second-order valence-corrected chi connectivity index (χ2v) is 6.39. The Kier molecular flexibility index (Phi) is 5.78. The number of nitriles is 1. The Morgan fingerprint density at radius 2 is 1.97 bits per heavy atom. The number of nitro groups is 1. The van der Waals surface area contributed by atoms with Gasteiger partial charge in [-0.05, 0) is 24.6 Å². The van der Waals surface area contributed by atoms with Crippen LogP contribution >= 0.6 is 0 Å². The summed E-state index contributed by atoms with van der Waals surface area (Å²) >= 11 is 0. The molecule has 0 aliphatic carbocycles. The fourth-order valence-electron chi connectivity index (χ4n) is 3.30. The first-order valence-electron chi connectivity index (χ1n) is 9.02. The van der Waals surface area contributed by atoms with E-state index >= 15 is 0 Å². The first-order valence-corrected chi connectivity index (χ1v) is 9.02. The van der Waals surface area contributed by atoms with Crippen LogP contribution in [0, 0.1) is 21.4 Å². The van der Waals surface area contributed by atoms with Gasteiger partial charge in [0.1, 0.15) is 18.1 Å². The van der Waals surface area contributed by atoms with Crippen LogP contribution in [-0.2, 0) is 9.59 Å². The van der Waals surface area contributed by atoms with Crippen molar-refractivity contribution >= 4 is 23.1 Å². The minimum atomic E-state index is -1.01. The fourth-order valence-corrected chi connectivity index (χ4v) is 3.30. The highest BCUT2D eigenvalue weighted by Gasteiger charge is 2.46. The number of amides is 1. The van der Waals surface area contributed by atoms with Gasteiger partial charge >= 0.3 is 0 Å². The summed E-state index contributed by atoms with van der Waals surface area (Å²) in [6.45, 7) is 1.92. The quantitative estimate of drug-likeness (QED) is 0.194. The molecule has 0 spiro atoms. The van der Waals surface area contributed by atoms with Crippen molar-refractivity contribution in [2.45, 2.75) is 13.0 Å². The van der Waals surface area contributed by atoms with Gasteiger partial charge in [0.15, 0.2) is 0 Å². The van der Waals surface area contributed by atoms with E-state index < -0.39 is 28.4 Å². The zero-order chi connectivity index (χ0) is 21.8. The molecular weight excluding hydrogens is 390 g/mol. The average Bonchev–Trinajstić information content (AvgIpc) is 2.99. The molecule has 2 aromatic rings. The molecule has 30 heavy (non-hydrogen) atoms. The number of nitrogens with zero attached hydrogens (tertiary/aromatic N) is 3. The molecule has 1 aliphatic heterocycles. The van der Waals surface area contributed by atoms with Gasteiger partial charge < -0.3 is 14.7 Å². The summed E-state index contributed by atoms with van der Waals surface area (Å²) in [5.41, 5.74) is -0.00203. The van der Waals surface area contributed by atoms with E-state index in [1.165, 1.54) is 18.2 Å². The highest BCUT2D eigenvalue weighted by Crippen LogP contribution is 2.39. The maximum absolute atomic E-state index is 12.7. The van der Waals surface area contributed by atoms with E-state index in [9.17, 15) is 24.8 Å². The third-order valence-electron chi connectivity index (χ3n) is 4.62. The van der Waals surface area contributed by atoms with Crippen LogP contribution in [0.5, 0.6) is 5.75 Å². The molecule has 0 aromatic heterocycles. The van der Waals surface area contributed by atoms with Crippen molar-refractivity contribution in [3.63, 3.8) is 0 Å². The van der Waals surface area contributed by atoms with Gasteiger partial charge in [0.2, 0.25) is 0 Å². The molecule has 0 bridgehead atoms. The van der Waals surface area contributed by atoms with E-state index in [1.54, 1.807) is 24.3 Å². The van der Waals surface area contributed by atoms with Crippen LogP contribution in [0.25, 0.3) is 5.76 Å². The number of hydrogen-bond donors (Lipinski definition) is 1. The molecule has 9 heteroatoms. The van der Waals surface area contributed by atoms with E-state index in [0.29, 0.717) is 17.9 Å². The van der Waals surface area contributed by atoms with E-state index in [0.717, 1.165) is 11.0 Å². The lowest BCUT2D eigenvalue weighted by atomic mass is 9.95. The smallest absolute Gasteiger partial charge is 0.296 e. The van der Waals surface area contributed by atoms with Gasteiger partial charge in [0.05, 0.1) is 29.2 Å². The third kappa shape index (κ3) is 3.71. The van der Waals surface area contributed by atoms with E-state index in [2.05, 4.69) is 0 Å². The molecule has 1 N–H and O–H groups in total. The molecule has 1 aliphatic rings. The van der Waals surface area contributed by atoms with Crippen LogP contribution in [0.4, 0.5) is 5.69 Å². The minimum Gasteiger partial charge on any atom is -0.507 e. The molecular formula is C21H17N3O6. The lowest BCUT2D eigenvalue weighted by molar-refractivity contribution is -0.384. The van der Waals surface area contributed by atoms with Crippen LogP contribution < -0.4 is 4.74 Å². The number of non-ortho nitro benzene ring substituents is 1. The van der Waals surface area contributed by atoms with Crippen molar-refractivity contribution in [1.29, 1.82) is 5.26 Å². The Balaban J connectivity index is 2.16. The minimum absolute atomic E-state index is 0.0232. The number of ether oxygens (including phenoxy) is 1. The zero-order valence-corrected chi connectivity index (χ0v) is 15.9. The van der Waals surface area contributed by atoms with Crippen molar-refractivity contribution in [2.24, 2.45) is 0 Å². The van der Waals surface area contributed by atoms with E-state index in [4.69, 9.17) is 10.00 Å². The second-order valence-electron chi connectivity index (χ2n) is 6.39. The van der Waals surface area contributed by atoms with Crippen molar-refractivity contribution < 1.29 is 24.4 Å². The summed E-state index contributed by atoms with van der Waals surface area (Å²) in [5, 5.41) is 31.0. The van der Waals surface area contributed by atoms with Crippen LogP contribution in [0.3, 0.4) is 0 Å². The third-order valence-corrected chi connectivity index (χ3v) is 4.62. The van der Waals surface area contributed by atoms with Crippen molar-refractivity contribution in [2.75, 3.05) is 13.2 Å². The zero-order valence-electron chi connectivity index (χ0n) is 15.9. The maximum atomic E-state index is 12.7. The standard InChI is InChI=1S/C21H17N3O6/c1-2-30-16-8-6-13(7-9-16)18-17(20(26)21(27)23(18)11-10-22)19(25)14-4-3-5-15(12-14)24(28)29/h3-9,12,18,25H,2,11H2,1H3/b19-17+. The average molecular weight is 407 g/mol. The highest BCUT2D eigenvalue weighted by atomic mass is 16.6. The molecule has 0 radical (unpaired) electrons. The first kappa shape index (κ1) is 20.5. The number of aliphatic hydroxyl groups excluding tert-OH is 1. The number of rotatable bonds is 6. The van der Waals surface area contributed by atoms with Crippen molar-refractivity contribution in [1.82, 2.24) is 4.90 Å². The summed E-state index contributed by atoms with van der Waals surface area (Å²) in [4.78, 5) is 36.7. The molecule has 152 valence electrons. The molecule has 9 nitrogen and oxygen atoms in total. The lowest BCUT2D eigenvalue weighted by Gasteiger charge is -2.23. The Morgan fingerprint density at radius 1 is 1.27 bits per heavy atom. The molecule has 1 saturated heterocycles. The summed E-state index contributed by atoms with van der Waals surface area (Å²) in [5.74, 6) is -1.86. The van der Waals surface area contributed by atoms with Gasteiger partial charge in [-0.1, -0.05) is 24.3 Å². The number of ketones is 1. The lowest BCUT2D eigenvalue weighted by Crippen LogP contribution is -2.30. The van der Waals surface area contributed by atoms with Crippen LogP contribution in [0.1, 0.15) is 24.1 Å². The fraction of sp³-hybridized carbons (Fsp3) is 0.190. The largest absolute Gasteiger partial charge is 0.507 e. The monoisotopic (exact) mass is 407 g/mol. The van der Waals surface area contributed by atoms with Gasteiger partial charge in [0, 0.05) is 17.7 Å². The topological polar surface area (TPSA) is 134 Å². The number of hydrogen-bond acceptors (Lipinski definition) is 7. The molecule has 1 atom stereocenters. The van der Waals surface area contributed by atoms with Crippen molar-refractivity contribution in [3.05, 3.63) is 75.3 Å². The van der Waals surface area contributed by atoms with Gasteiger partial charge in [-0.2, -0.15) is 5.26 Å². The molecule has 1 unspecified atom stereocenters. The van der Waals surface area contributed by atoms with Gasteiger partial charge in [-0.25, -0.2) is 0 Å². The molecule has 3 rings (SSSR count). The number of benzene rings is 2. The predicted molar refractivity (Wildman–Crippen MR) is 105 cm³/mol. The van der Waals surface area contributed by atoms with Crippen LogP contribution in [0.2, 0.25) is 0 Å². The summed E-state index contributed by atoms with van der Waals surface area (Å²) < 4.78 is 5.39. The van der Waals surface area contributed by atoms with Gasteiger partial charge in [-0.15, -0.1) is 0 Å². The molecule has 0 saturated carbocycles. The maximum Gasteiger partial charge on any atom is 0.296 e. The number of Topliss-reactive ketones (excluding diaryl/α,β-unsaturated/α-hetero) is 1. The van der Waals surface area contributed by atoms with Crippen LogP contribution in [0.15, 0.2) is 54.1 Å². The summed E-state index contributed by atoms with van der Waals surface area (Å²) in [7, 11) is 0. The predicted octanol–water partition coefficient (Wildman–Crippen LogP) is 2.94. The Morgan fingerprint density at radius 3 is 2.57 bits per heavy atom. The summed E-state index contributed by atoms with van der Waals surface area (Å²) in [6.07, 6.45) is 0. The number of nitro benzene ring substituents is 1. The SMILES string of the molecule is CCOc1ccc(C2/C(=C(\O)c3cccc([N+](=O)[O-])c3)C(=O)C(=O)N2CC#N)cc1. The number of carbonyl (C=O) groups is 2. The van der Waals surface area contributed by atoms with Crippen molar-refractivity contribution in [3.8, 4) is 11.8 Å². The van der Waals surface area contributed by atoms with Crippen LogP contribution in [-0.4, -0.2) is 39.8 Å². The molecule has 1 fully saturated rings. The molecule has 1 amide bonds. The second kappa shape index (κ2) is 8.45. The van der Waals surface area contributed by atoms with E-state index in [-0.39, 0.29) is 23.4 Å². The first-order chi connectivity index (χ1) is 14.4. The Bertz CT molecular complexity index is 1080.